The first-order valence-electron chi connectivity index (χ1n) is 7.64. The van der Waals surface area contributed by atoms with Crippen LogP contribution >= 0.6 is 0 Å². The molecule has 3 heterocycles. The minimum atomic E-state index is 0.0278. The third-order valence-corrected chi connectivity index (χ3v) is 4.09. The summed E-state index contributed by atoms with van der Waals surface area (Å²) in [6.45, 7) is 7.40. The second-order valence-corrected chi connectivity index (χ2v) is 5.75. The highest BCUT2D eigenvalue weighted by Crippen LogP contribution is 2.25. The van der Waals surface area contributed by atoms with Crippen LogP contribution in [0.4, 0.5) is 5.95 Å². The van der Waals surface area contributed by atoms with E-state index < -0.39 is 0 Å². The van der Waals surface area contributed by atoms with E-state index in [0.717, 1.165) is 41.7 Å². The van der Waals surface area contributed by atoms with Crippen LogP contribution in [-0.4, -0.2) is 33.8 Å². The Hall–Kier alpha value is -2.30. The summed E-state index contributed by atoms with van der Waals surface area (Å²) in [4.78, 5) is 27.5. The fraction of sp³-hybridized carbons (Fsp3) is 0.412. The summed E-state index contributed by atoms with van der Waals surface area (Å²) in [5.74, 6) is 0.791. The summed E-state index contributed by atoms with van der Waals surface area (Å²) < 4.78 is 0. The molecular formula is C17H20N4O. The average molecular weight is 296 g/mol. The van der Waals surface area contributed by atoms with Gasteiger partial charge in [-0.05, 0) is 45.7 Å². The number of nitrogens with zero attached hydrogens (tertiary/aromatic N) is 4. The summed E-state index contributed by atoms with van der Waals surface area (Å²) in [5.41, 5.74) is 4.03. The Balaban J connectivity index is 2.05. The smallest absolute Gasteiger partial charge is 0.225 e. The van der Waals surface area contributed by atoms with Crippen molar-refractivity contribution in [1.82, 2.24) is 15.0 Å². The van der Waals surface area contributed by atoms with Gasteiger partial charge in [0.25, 0.3) is 0 Å². The van der Waals surface area contributed by atoms with E-state index in [0.29, 0.717) is 5.56 Å². The maximum absolute atomic E-state index is 11.8. The first-order chi connectivity index (χ1) is 10.6. The molecule has 1 saturated heterocycles. The lowest BCUT2D eigenvalue weighted by Crippen LogP contribution is -2.20. The summed E-state index contributed by atoms with van der Waals surface area (Å²) >= 11 is 0. The topological polar surface area (TPSA) is 59.0 Å². The first-order valence-corrected chi connectivity index (χ1v) is 7.64. The number of Topliss-reactive ketones (excluding diaryl/α,β-unsaturated/α-hetero) is 1. The van der Waals surface area contributed by atoms with Gasteiger partial charge in [0, 0.05) is 41.8 Å². The van der Waals surface area contributed by atoms with Crippen molar-refractivity contribution in [1.29, 1.82) is 0 Å². The van der Waals surface area contributed by atoms with Crippen LogP contribution in [0.3, 0.4) is 0 Å². The van der Waals surface area contributed by atoms with Crippen LogP contribution in [0.25, 0.3) is 11.3 Å². The molecule has 0 aromatic carbocycles. The molecule has 1 aliphatic heterocycles. The molecule has 0 saturated carbocycles. The van der Waals surface area contributed by atoms with E-state index in [2.05, 4.69) is 19.9 Å². The number of anilines is 1. The number of aryl methyl sites for hydroxylation is 2. The number of hydrogen-bond acceptors (Lipinski definition) is 5. The maximum atomic E-state index is 11.8. The summed E-state index contributed by atoms with van der Waals surface area (Å²) in [5, 5.41) is 0. The SMILES string of the molecule is CC(=O)c1cc(-c2ccnc(N3CCCC3)n2)c(C)nc1C. The van der Waals surface area contributed by atoms with Crippen molar-refractivity contribution in [2.24, 2.45) is 0 Å². The second-order valence-electron chi connectivity index (χ2n) is 5.75. The van der Waals surface area contributed by atoms with Crippen LogP contribution in [0, 0.1) is 13.8 Å². The Labute approximate surface area is 130 Å². The van der Waals surface area contributed by atoms with Gasteiger partial charge in [0.05, 0.1) is 5.69 Å². The van der Waals surface area contributed by atoms with Crippen LogP contribution in [0.5, 0.6) is 0 Å². The normalized spacial score (nSPS) is 14.4. The molecule has 0 N–H and O–H groups in total. The molecule has 0 aliphatic carbocycles. The number of aromatic nitrogens is 3. The van der Waals surface area contributed by atoms with Crippen molar-refractivity contribution in [3.63, 3.8) is 0 Å². The third kappa shape index (κ3) is 2.71. The van der Waals surface area contributed by atoms with E-state index in [9.17, 15) is 4.79 Å². The van der Waals surface area contributed by atoms with Crippen LogP contribution in [0.1, 0.15) is 41.5 Å². The fourth-order valence-corrected chi connectivity index (χ4v) is 2.91. The zero-order valence-corrected chi connectivity index (χ0v) is 13.3. The number of ketones is 1. The molecule has 22 heavy (non-hydrogen) atoms. The summed E-state index contributed by atoms with van der Waals surface area (Å²) in [6, 6.07) is 3.78. The molecule has 3 rings (SSSR count). The molecule has 2 aromatic rings. The van der Waals surface area contributed by atoms with Gasteiger partial charge in [-0.3, -0.25) is 9.78 Å². The molecule has 0 spiro atoms. The lowest BCUT2D eigenvalue weighted by Gasteiger charge is -2.16. The molecule has 5 nitrogen and oxygen atoms in total. The molecule has 1 fully saturated rings. The Morgan fingerprint density at radius 2 is 1.86 bits per heavy atom. The van der Waals surface area contributed by atoms with E-state index in [1.54, 1.807) is 13.1 Å². The Morgan fingerprint density at radius 3 is 2.55 bits per heavy atom. The standard InChI is InChI=1S/C17H20N4O/c1-11-14(13(3)22)10-15(12(2)19-11)16-6-7-18-17(20-16)21-8-4-5-9-21/h6-7,10H,4-5,8-9H2,1-3H3. The van der Waals surface area contributed by atoms with Gasteiger partial charge in [-0.1, -0.05) is 0 Å². The number of hydrogen-bond donors (Lipinski definition) is 0. The van der Waals surface area contributed by atoms with Crippen molar-refractivity contribution < 1.29 is 4.79 Å². The summed E-state index contributed by atoms with van der Waals surface area (Å²) in [6.07, 6.45) is 4.16. The maximum Gasteiger partial charge on any atom is 0.225 e. The summed E-state index contributed by atoms with van der Waals surface area (Å²) in [7, 11) is 0. The largest absolute Gasteiger partial charge is 0.341 e. The van der Waals surface area contributed by atoms with Crippen LogP contribution < -0.4 is 4.90 Å². The van der Waals surface area contributed by atoms with E-state index in [1.807, 2.05) is 26.0 Å². The van der Waals surface area contributed by atoms with Crippen molar-refractivity contribution >= 4 is 11.7 Å². The molecule has 0 bridgehead atoms. The zero-order chi connectivity index (χ0) is 15.7. The monoisotopic (exact) mass is 296 g/mol. The van der Waals surface area contributed by atoms with Crippen LogP contribution in [0.15, 0.2) is 18.3 Å². The Kier molecular flexibility index (Phi) is 3.88. The average Bonchev–Trinajstić information content (AvgIpc) is 3.01. The van der Waals surface area contributed by atoms with Crippen molar-refractivity contribution in [3.8, 4) is 11.3 Å². The molecule has 0 atom stereocenters. The Bertz CT molecular complexity index is 721. The minimum absolute atomic E-state index is 0.0278. The van der Waals surface area contributed by atoms with Gasteiger partial charge in [0.1, 0.15) is 0 Å². The van der Waals surface area contributed by atoms with Gasteiger partial charge in [0.2, 0.25) is 5.95 Å². The van der Waals surface area contributed by atoms with E-state index in [1.165, 1.54) is 12.8 Å². The van der Waals surface area contributed by atoms with Gasteiger partial charge in [-0.25, -0.2) is 9.97 Å². The number of carbonyl (C=O) groups is 1. The molecule has 2 aromatic heterocycles. The highest BCUT2D eigenvalue weighted by molar-refractivity contribution is 5.96. The van der Waals surface area contributed by atoms with Gasteiger partial charge < -0.3 is 4.90 Å². The predicted octanol–water partition coefficient (Wildman–Crippen LogP) is 2.96. The van der Waals surface area contributed by atoms with E-state index in [-0.39, 0.29) is 5.78 Å². The van der Waals surface area contributed by atoms with E-state index in [4.69, 9.17) is 0 Å². The molecule has 114 valence electrons. The van der Waals surface area contributed by atoms with Crippen LogP contribution in [0.2, 0.25) is 0 Å². The fourth-order valence-electron chi connectivity index (χ4n) is 2.91. The zero-order valence-electron chi connectivity index (χ0n) is 13.3. The minimum Gasteiger partial charge on any atom is -0.341 e. The van der Waals surface area contributed by atoms with Gasteiger partial charge in [-0.2, -0.15) is 0 Å². The van der Waals surface area contributed by atoms with Gasteiger partial charge >= 0.3 is 0 Å². The number of rotatable bonds is 3. The van der Waals surface area contributed by atoms with Gasteiger partial charge in [-0.15, -0.1) is 0 Å². The highest BCUT2D eigenvalue weighted by Gasteiger charge is 2.17. The second kappa shape index (κ2) is 5.83. The lowest BCUT2D eigenvalue weighted by atomic mass is 10.0. The third-order valence-electron chi connectivity index (χ3n) is 4.09. The molecule has 0 amide bonds. The highest BCUT2D eigenvalue weighted by atomic mass is 16.1. The van der Waals surface area contributed by atoms with Gasteiger partial charge in [0.15, 0.2) is 5.78 Å². The molecule has 0 unspecified atom stereocenters. The number of pyridine rings is 1. The van der Waals surface area contributed by atoms with Crippen LogP contribution in [-0.2, 0) is 0 Å². The molecule has 1 aliphatic rings. The molecular weight excluding hydrogens is 276 g/mol. The number of carbonyl (C=O) groups excluding carboxylic acids is 1. The van der Waals surface area contributed by atoms with E-state index >= 15 is 0 Å². The molecule has 0 radical (unpaired) electrons. The van der Waals surface area contributed by atoms with Crippen molar-refractivity contribution in [2.75, 3.05) is 18.0 Å². The van der Waals surface area contributed by atoms with Crippen molar-refractivity contribution in [2.45, 2.75) is 33.6 Å². The predicted molar refractivity (Wildman–Crippen MR) is 86.2 cm³/mol. The Morgan fingerprint density at radius 1 is 1.14 bits per heavy atom. The molecule has 5 heteroatoms. The van der Waals surface area contributed by atoms with Crippen molar-refractivity contribution in [3.05, 3.63) is 35.3 Å². The first kappa shape index (κ1) is 14.6. The quantitative estimate of drug-likeness (QED) is 0.815. The lowest BCUT2D eigenvalue weighted by molar-refractivity contribution is 0.101.